The van der Waals surface area contributed by atoms with Gasteiger partial charge in [-0.25, -0.2) is 14.6 Å². The molecule has 1 saturated heterocycles. The van der Waals surface area contributed by atoms with Crippen molar-refractivity contribution in [1.29, 1.82) is 0 Å². The normalized spacial score (nSPS) is 15.7. The molecule has 3 aromatic rings. The van der Waals surface area contributed by atoms with Crippen molar-refractivity contribution in [2.75, 3.05) is 31.1 Å². The molecular formula is C16H21N9. The highest BCUT2D eigenvalue weighted by atomic mass is 15.4. The van der Waals surface area contributed by atoms with Gasteiger partial charge in [0.2, 0.25) is 0 Å². The summed E-state index contributed by atoms with van der Waals surface area (Å²) in [6.45, 7) is 6.59. The molecule has 1 fully saturated rings. The van der Waals surface area contributed by atoms with Gasteiger partial charge in [0.25, 0.3) is 0 Å². The van der Waals surface area contributed by atoms with E-state index in [1.165, 1.54) is 0 Å². The zero-order chi connectivity index (χ0) is 17.2. The Morgan fingerprint density at radius 3 is 2.56 bits per heavy atom. The third-order valence-corrected chi connectivity index (χ3v) is 4.33. The van der Waals surface area contributed by atoms with Crippen LogP contribution < -0.4 is 4.90 Å². The predicted octanol–water partition coefficient (Wildman–Crippen LogP) is 0.421. The topological polar surface area (TPSA) is 80.8 Å². The molecule has 0 spiro atoms. The molecule has 130 valence electrons. The van der Waals surface area contributed by atoms with Crippen LogP contribution in [0.25, 0.3) is 5.82 Å². The van der Waals surface area contributed by atoms with Crippen LogP contribution in [0.5, 0.6) is 0 Å². The molecule has 25 heavy (non-hydrogen) atoms. The van der Waals surface area contributed by atoms with Crippen molar-refractivity contribution in [3.63, 3.8) is 0 Å². The Hall–Kier alpha value is -2.81. The molecular weight excluding hydrogens is 318 g/mol. The Kier molecular flexibility index (Phi) is 4.14. The molecule has 4 heterocycles. The van der Waals surface area contributed by atoms with Gasteiger partial charge in [-0.2, -0.15) is 5.10 Å². The van der Waals surface area contributed by atoms with Gasteiger partial charge in [0.05, 0.1) is 11.4 Å². The highest BCUT2D eigenvalue weighted by molar-refractivity contribution is 5.43. The van der Waals surface area contributed by atoms with E-state index in [0.29, 0.717) is 0 Å². The molecule has 0 N–H and O–H groups in total. The van der Waals surface area contributed by atoms with E-state index in [1.807, 2.05) is 38.5 Å². The molecule has 0 atom stereocenters. The van der Waals surface area contributed by atoms with Gasteiger partial charge in [0.1, 0.15) is 12.1 Å². The molecule has 0 aliphatic carbocycles. The van der Waals surface area contributed by atoms with Crippen LogP contribution in [0.3, 0.4) is 0 Å². The Morgan fingerprint density at radius 1 is 1.08 bits per heavy atom. The first kappa shape index (κ1) is 15.7. The van der Waals surface area contributed by atoms with Gasteiger partial charge in [-0.3, -0.25) is 9.58 Å². The molecule has 0 unspecified atom stereocenters. The number of piperazine rings is 1. The van der Waals surface area contributed by atoms with E-state index in [9.17, 15) is 0 Å². The van der Waals surface area contributed by atoms with Crippen molar-refractivity contribution in [3.05, 3.63) is 42.2 Å². The first-order chi connectivity index (χ1) is 12.2. The van der Waals surface area contributed by atoms with Gasteiger partial charge in [0, 0.05) is 58.2 Å². The van der Waals surface area contributed by atoms with Crippen molar-refractivity contribution in [1.82, 2.24) is 39.6 Å². The molecule has 3 aromatic heterocycles. The third-order valence-electron chi connectivity index (χ3n) is 4.33. The minimum atomic E-state index is 0.792. The maximum absolute atomic E-state index is 4.44. The van der Waals surface area contributed by atoms with Gasteiger partial charge in [-0.1, -0.05) is 5.21 Å². The molecule has 4 rings (SSSR count). The quantitative estimate of drug-likeness (QED) is 0.681. The molecule has 1 aliphatic heterocycles. The predicted molar refractivity (Wildman–Crippen MR) is 92.4 cm³/mol. The standard InChI is InChI=1S/C16H21N9/c1-13-3-4-25(20-13)16-9-15(17-12-18-16)24-7-5-23(6-8-24)11-14-10-22(2)21-19-14/h3-4,9-10,12H,5-8,11H2,1-2H3. The summed E-state index contributed by atoms with van der Waals surface area (Å²) in [6, 6.07) is 3.96. The molecule has 1 aliphatic rings. The largest absolute Gasteiger partial charge is 0.354 e. The molecule has 0 aromatic carbocycles. The van der Waals surface area contributed by atoms with Crippen LogP contribution in [-0.2, 0) is 13.6 Å². The van der Waals surface area contributed by atoms with Gasteiger partial charge < -0.3 is 4.90 Å². The molecule has 0 saturated carbocycles. The van der Waals surface area contributed by atoms with Crippen LogP contribution in [0, 0.1) is 6.92 Å². The summed E-state index contributed by atoms with van der Waals surface area (Å²) in [5, 5.41) is 12.6. The maximum Gasteiger partial charge on any atom is 0.158 e. The number of nitrogens with zero attached hydrogens (tertiary/aromatic N) is 9. The first-order valence-corrected chi connectivity index (χ1v) is 8.34. The summed E-state index contributed by atoms with van der Waals surface area (Å²) < 4.78 is 3.52. The summed E-state index contributed by atoms with van der Waals surface area (Å²) in [7, 11) is 1.89. The average Bonchev–Trinajstić information content (AvgIpc) is 3.24. The summed E-state index contributed by atoms with van der Waals surface area (Å²) in [5.41, 5.74) is 1.98. The van der Waals surface area contributed by atoms with E-state index in [2.05, 4.69) is 35.2 Å². The van der Waals surface area contributed by atoms with E-state index in [0.717, 1.165) is 55.7 Å². The van der Waals surface area contributed by atoms with Crippen LogP contribution in [0.4, 0.5) is 5.82 Å². The fraction of sp³-hybridized carbons (Fsp3) is 0.438. The molecule has 9 nitrogen and oxygen atoms in total. The van der Waals surface area contributed by atoms with Crippen molar-refractivity contribution in [2.45, 2.75) is 13.5 Å². The monoisotopic (exact) mass is 339 g/mol. The Morgan fingerprint density at radius 2 is 1.88 bits per heavy atom. The van der Waals surface area contributed by atoms with Crippen LogP contribution in [0.1, 0.15) is 11.4 Å². The fourth-order valence-corrected chi connectivity index (χ4v) is 3.01. The van der Waals surface area contributed by atoms with Crippen molar-refractivity contribution in [2.24, 2.45) is 7.05 Å². The van der Waals surface area contributed by atoms with Crippen LogP contribution in [0.15, 0.2) is 30.9 Å². The van der Waals surface area contributed by atoms with Gasteiger partial charge in [-0.05, 0) is 13.0 Å². The minimum Gasteiger partial charge on any atom is -0.354 e. The van der Waals surface area contributed by atoms with Crippen molar-refractivity contribution >= 4 is 5.82 Å². The summed E-state index contributed by atoms with van der Waals surface area (Å²) >= 11 is 0. The second-order valence-corrected chi connectivity index (χ2v) is 6.28. The molecule has 9 heteroatoms. The number of hydrogen-bond acceptors (Lipinski definition) is 7. The lowest BCUT2D eigenvalue weighted by molar-refractivity contribution is 0.246. The molecule has 0 amide bonds. The van der Waals surface area contributed by atoms with Gasteiger partial charge >= 0.3 is 0 Å². The molecule has 0 bridgehead atoms. The SMILES string of the molecule is Cc1ccn(-c2cc(N3CCN(Cc4cn(C)nn4)CC3)ncn2)n1. The molecule has 0 radical (unpaired) electrons. The highest BCUT2D eigenvalue weighted by Gasteiger charge is 2.19. The van der Waals surface area contributed by atoms with Crippen molar-refractivity contribution < 1.29 is 0 Å². The first-order valence-electron chi connectivity index (χ1n) is 8.34. The summed E-state index contributed by atoms with van der Waals surface area (Å²) in [5.74, 6) is 1.73. The zero-order valence-electron chi connectivity index (χ0n) is 14.4. The Labute approximate surface area is 145 Å². The number of aromatic nitrogens is 7. The van der Waals surface area contributed by atoms with Gasteiger partial charge in [-0.15, -0.1) is 5.10 Å². The Bertz CT molecular complexity index is 845. The number of hydrogen-bond donors (Lipinski definition) is 0. The lowest BCUT2D eigenvalue weighted by atomic mass is 10.3. The third kappa shape index (κ3) is 3.50. The maximum atomic E-state index is 4.44. The van der Waals surface area contributed by atoms with Crippen LogP contribution >= 0.6 is 0 Å². The van der Waals surface area contributed by atoms with E-state index >= 15 is 0 Å². The number of anilines is 1. The summed E-state index contributed by atoms with van der Waals surface area (Å²) in [6.07, 6.45) is 5.49. The fourth-order valence-electron chi connectivity index (χ4n) is 3.01. The number of aryl methyl sites for hydroxylation is 2. The van der Waals surface area contributed by atoms with E-state index in [4.69, 9.17) is 0 Å². The van der Waals surface area contributed by atoms with E-state index < -0.39 is 0 Å². The average molecular weight is 339 g/mol. The van der Waals surface area contributed by atoms with Crippen LogP contribution in [0.2, 0.25) is 0 Å². The highest BCUT2D eigenvalue weighted by Crippen LogP contribution is 2.16. The minimum absolute atomic E-state index is 0.792. The Balaban J connectivity index is 1.40. The van der Waals surface area contributed by atoms with E-state index in [-0.39, 0.29) is 0 Å². The van der Waals surface area contributed by atoms with Gasteiger partial charge in [0.15, 0.2) is 5.82 Å². The summed E-state index contributed by atoms with van der Waals surface area (Å²) in [4.78, 5) is 13.4. The zero-order valence-corrected chi connectivity index (χ0v) is 14.4. The van der Waals surface area contributed by atoms with Crippen molar-refractivity contribution in [3.8, 4) is 5.82 Å². The second-order valence-electron chi connectivity index (χ2n) is 6.28. The smallest absolute Gasteiger partial charge is 0.158 e. The van der Waals surface area contributed by atoms with Crippen LogP contribution in [-0.4, -0.2) is 65.8 Å². The lowest BCUT2D eigenvalue weighted by Crippen LogP contribution is -2.46. The number of rotatable bonds is 4. The van der Waals surface area contributed by atoms with E-state index in [1.54, 1.807) is 15.7 Å². The lowest BCUT2D eigenvalue weighted by Gasteiger charge is -2.34. The second kappa shape index (κ2) is 6.60.